The minimum Gasteiger partial charge on any atom is -0.497 e. The van der Waals surface area contributed by atoms with Crippen LogP contribution < -0.4 is 4.74 Å². The highest BCUT2D eigenvalue weighted by Gasteiger charge is 2.41. The van der Waals surface area contributed by atoms with E-state index in [1.807, 2.05) is 0 Å². The third-order valence-electron chi connectivity index (χ3n) is 4.23. The van der Waals surface area contributed by atoms with Gasteiger partial charge in [0, 0.05) is 13.1 Å². The number of sulfone groups is 1. The first-order valence-electron chi connectivity index (χ1n) is 7.57. The van der Waals surface area contributed by atoms with Crippen LogP contribution in [0, 0.1) is 13.8 Å². The zero-order chi connectivity index (χ0) is 17.5. The van der Waals surface area contributed by atoms with Crippen LogP contribution in [0.5, 0.6) is 5.75 Å². The van der Waals surface area contributed by atoms with Gasteiger partial charge in [-0.25, -0.2) is 8.42 Å². The van der Waals surface area contributed by atoms with Crippen LogP contribution in [0.2, 0.25) is 0 Å². The van der Waals surface area contributed by atoms with Gasteiger partial charge in [-0.15, -0.1) is 0 Å². The van der Waals surface area contributed by atoms with Crippen molar-refractivity contribution >= 4 is 15.7 Å². The number of hydrogen-bond acceptors (Lipinski definition) is 5. The van der Waals surface area contributed by atoms with Gasteiger partial charge in [0.2, 0.25) is 0 Å². The molecule has 7 heteroatoms. The first-order chi connectivity index (χ1) is 11.3. The van der Waals surface area contributed by atoms with E-state index < -0.39 is 15.1 Å². The number of furan rings is 1. The summed E-state index contributed by atoms with van der Waals surface area (Å²) in [7, 11) is -1.93. The van der Waals surface area contributed by atoms with E-state index in [2.05, 4.69) is 0 Å². The van der Waals surface area contributed by atoms with Crippen molar-refractivity contribution in [2.24, 2.45) is 0 Å². The van der Waals surface area contributed by atoms with Gasteiger partial charge in [-0.2, -0.15) is 0 Å². The van der Waals surface area contributed by atoms with Crippen molar-refractivity contribution in [2.45, 2.75) is 24.0 Å². The molecule has 1 saturated heterocycles. The Balaban J connectivity index is 1.71. The van der Waals surface area contributed by atoms with Gasteiger partial charge in [0.25, 0.3) is 5.91 Å². The number of carbonyl (C=O) groups excluding carboxylic acids is 1. The largest absolute Gasteiger partial charge is 0.497 e. The maximum Gasteiger partial charge on any atom is 0.257 e. The standard InChI is InChI=1S/C17H19NO5S/c1-11-8-16(12(2)23-11)17(19)18-9-15(10-18)24(20,21)14-6-4-13(22-3)5-7-14/h4-8,15H,9-10H2,1-3H3. The molecule has 0 bridgehead atoms. The first-order valence-corrected chi connectivity index (χ1v) is 9.12. The summed E-state index contributed by atoms with van der Waals surface area (Å²) in [6, 6.07) is 7.98. The van der Waals surface area contributed by atoms with Crippen molar-refractivity contribution in [3.8, 4) is 5.75 Å². The Hall–Kier alpha value is -2.28. The van der Waals surface area contributed by atoms with E-state index >= 15 is 0 Å². The highest BCUT2D eigenvalue weighted by molar-refractivity contribution is 7.92. The van der Waals surface area contributed by atoms with Gasteiger partial charge in [0.15, 0.2) is 9.84 Å². The van der Waals surface area contributed by atoms with Gasteiger partial charge in [-0.05, 0) is 44.2 Å². The maximum absolute atomic E-state index is 12.6. The third kappa shape index (κ3) is 2.80. The topological polar surface area (TPSA) is 76.8 Å². The lowest BCUT2D eigenvalue weighted by Crippen LogP contribution is -2.56. The van der Waals surface area contributed by atoms with Crippen LogP contribution >= 0.6 is 0 Å². The summed E-state index contributed by atoms with van der Waals surface area (Å²) in [6.07, 6.45) is 0. The zero-order valence-corrected chi connectivity index (χ0v) is 14.6. The van der Waals surface area contributed by atoms with E-state index in [0.29, 0.717) is 22.8 Å². The average Bonchev–Trinajstić information content (AvgIpc) is 2.84. The summed E-state index contributed by atoms with van der Waals surface area (Å²) in [5.41, 5.74) is 0.493. The summed E-state index contributed by atoms with van der Waals surface area (Å²) in [5, 5.41) is -0.580. The summed E-state index contributed by atoms with van der Waals surface area (Å²) in [6.45, 7) is 3.89. The number of benzene rings is 1. The maximum atomic E-state index is 12.6. The van der Waals surface area contributed by atoms with Crippen molar-refractivity contribution in [1.29, 1.82) is 0 Å². The van der Waals surface area contributed by atoms with Crippen LogP contribution in [-0.2, 0) is 9.84 Å². The molecule has 2 aromatic rings. The predicted molar refractivity (Wildman–Crippen MR) is 88.1 cm³/mol. The molecule has 1 fully saturated rings. The number of rotatable bonds is 4. The van der Waals surface area contributed by atoms with Gasteiger partial charge < -0.3 is 14.1 Å². The molecule has 0 aliphatic carbocycles. The molecule has 24 heavy (non-hydrogen) atoms. The van der Waals surface area contributed by atoms with Gasteiger partial charge in [-0.1, -0.05) is 0 Å². The van der Waals surface area contributed by atoms with Crippen molar-refractivity contribution in [3.05, 3.63) is 47.4 Å². The third-order valence-corrected chi connectivity index (χ3v) is 6.34. The average molecular weight is 349 g/mol. The summed E-state index contributed by atoms with van der Waals surface area (Å²) in [5.74, 6) is 1.63. The molecule has 0 saturated carbocycles. The molecule has 0 N–H and O–H groups in total. The van der Waals surface area contributed by atoms with Crippen LogP contribution in [0.3, 0.4) is 0 Å². The molecule has 6 nitrogen and oxygen atoms in total. The molecule has 1 aliphatic rings. The second-order valence-corrected chi connectivity index (χ2v) is 8.11. The first kappa shape index (κ1) is 16.6. The lowest BCUT2D eigenvalue weighted by Gasteiger charge is -2.38. The molecule has 0 radical (unpaired) electrons. The summed E-state index contributed by atoms with van der Waals surface area (Å²) < 4.78 is 35.6. The highest BCUT2D eigenvalue weighted by atomic mass is 32.2. The van der Waals surface area contributed by atoms with Crippen LogP contribution in [0.15, 0.2) is 39.6 Å². The van der Waals surface area contributed by atoms with Crippen LogP contribution in [0.4, 0.5) is 0 Å². The Kier molecular flexibility index (Phi) is 4.13. The number of aryl methyl sites for hydroxylation is 2. The number of amides is 1. The minimum atomic E-state index is -3.45. The van der Waals surface area contributed by atoms with Gasteiger partial charge >= 0.3 is 0 Å². The second kappa shape index (κ2) is 5.98. The number of nitrogens with zero attached hydrogens (tertiary/aromatic N) is 1. The second-order valence-electron chi connectivity index (χ2n) is 5.88. The van der Waals surface area contributed by atoms with E-state index in [1.165, 1.54) is 24.1 Å². The Morgan fingerprint density at radius 3 is 2.33 bits per heavy atom. The molecule has 2 heterocycles. The van der Waals surface area contributed by atoms with Crippen molar-refractivity contribution in [1.82, 2.24) is 4.90 Å². The number of likely N-dealkylation sites (tertiary alicyclic amines) is 1. The molecule has 1 aliphatic heterocycles. The summed E-state index contributed by atoms with van der Waals surface area (Å²) >= 11 is 0. The molecule has 0 unspecified atom stereocenters. The zero-order valence-electron chi connectivity index (χ0n) is 13.8. The van der Waals surface area contributed by atoms with E-state index in [1.54, 1.807) is 32.0 Å². The fourth-order valence-corrected chi connectivity index (χ4v) is 4.42. The Labute approximate surface area is 140 Å². The normalized spacial score (nSPS) is 15.2. The molecule has 1 aromatic carbocycles. The molecule has 1 aromatic heterocycles. The smallest absolute Gasteiger partial charge is 0.257 e. The SMILES string of the molecule is COc1ccc(S(=O)(=O)C2CN(C(=O)c3cc(C)oc3C)C2)cc1. The quantitative estimate of drug-likeness (QED) is 0.846. The molecule has 3 rings (SSSR count). The number of methoxy groups -OCH3 is 1. The van der Waals surface area contributed by atoms with Crippen LogP contribution in [0.25, 0.3) is 0 Å². The highest BCUT2D eigenvalue weighted by Crippen LogP contribution is 2.27. The fraction of sp³-hybridized carbons (Fsp3) is 0.353. The molecule has 128 valence electrons. The van der Waals surface area contributed by atoms with Crippen molar-refractivity contribution in [3.63, 3.8) is 0 Å². The summed E-state index contributed by atoms with van der Waals surface area (Å²) in [4.78, 5) is 14.2. The molecule has 1 amide bonds. The Morgan fingerprint density at radius 1 is 1.21 bits per heavy atom. The Morgan fingerprint density at radius 2 is 1.83 bits per heavy atom. The van der Waals surface area contributed by atoms with Crippen LogP contribution in [0.1, 0.15) is 21.9 Å². The number of hydrogen-bond donors (Lipinski definition) is 0. The van der Waals surface area contributed by atoms with Gasteiger partial charge in [0.05, 0.1) is 17.6 Å². The number of ether oxygens (including phenoxy) is 1. The lowest BCUT2D eigenvalue weighted by atomic mass is 10.1. The van der Waals surface area contributed by atoms with E-state index in [0.717, 1.165) is 0 Å². The van der Waals surface area contributed by atoms with E-state index in [9.17, 15) is 13.2 Å². The molecule has 0 spiro atoms. The van der Waals surface area contributed by atoms with Gasteiger partial charge in [0.1, 0.15) is 22.5 Å². The fourth-order valence-electron chi connectivity index (χ4n) is 2.77. The van der Waals surface area contributed by atoms with E-state index in [-0.39, 0.29) is 23.9 Å². The van der Waals surface area contributed by atoms with Crippen molar-refractivity contribution in [2.75, 3.05) is 20.2 Å². The molecule has 0 atom stereocenters. The lowest BCUT2D eigenvalue weighted by molar-refractivity contribution is 0.0657. The predicted octanol–water partition coefficient (Wildman–Crippen LogP) is 2.20. The monoisotopic (exact) mass is 349 g/mol. The van der Waals surface area contributed by atoms with Gasteiger partial charge in [-0.3, -0.25) is 4.79 Å². The van der Waals surface area contributed by atoms with Crippen LogP contribution in [-0.4, -0.2) is 44.7 Å². The molecular formula is C17H19NO5S. The Bertz CT molecular complexity index is 861. The van der Waals surface area contributed by atoms with Crippen molar-refractivity contribution < 1.29 is 22.4 Å². The minimum absolute atomic E-state index is 0.189. The molecular weight excluding hydrogens is 330 g/mol. The van der Waals surface area contributed by atoms with E-state index in [4.69, 9.17) is 9.15 Å². The number of carbonyl (C=O) groups is 1.